The minimum absolute atomic E-state index is 0. The van der Waals surface area contributed by atoms with Crippen LogP contribution < -0.4 is 0 Å². The number of aryl methyl sites for hydroxylation is 6. The van der Waals surface area contributed by atoms with Crippen LogP contribution in [0, 0.1) is 61.5 Å². The largest absolute Gasteiger partial charge is 0 e. The number of hydrogen-bond donors (Lipinski definition) is 0. The van der Waals surface area contributed by atoms with Crippen molar-refractivity contribution in [3.8, 4) is 0 Å². The normalized spacial score (nSPS) is 9.71. The maximum absolute atomic E-state index is 7.50. The average Bonchev–Trinajstić information content (AvgIpc) is 3.55. The molecule has 0 spiro atoms. The summed E-state index contributed by atoms with van der Waals surface area (Å²) in [6, 6.07) is 6.28. The molecule has 0 saturated heterocycles. The summed E-state index contributed by atoms with van der Waals surface area (Å²) < 4.78 is 30.0. The zero-order chi connectivity index (χ0) is 29.3. The van der Waals surface area contributed by atoms with Crippen molar-refractivity contribution in [2.75, 3.05) is 26.2 Å². The molecule has 0 aromatic carbocycles. The average molecular weight is 695 g/mol. The Labute approximate surface area is 242 Å². The summed E-state index contributed by atoms with van der Waals surface area (Å²) in [6.07, 6.45) is 0. The van der Waals surface area contributed by atoms with Gasteiger partial charge in [0.15, 0.2) is 0 Å². The minimum Gasteiger partial charge on any atom is 0 e. The van der Waals surface area contributed by atoms with Gasteiger partial charge in [-0.1, -0.05) is 0 Å². The standard InChI is InChI=1S/C15H22BN6.C8H20N.3CO.W/c1-10-7-13(4)20(17-10)16(21-14(5)8-11(2)18-21)22-15(6)9-12(3)19-22;1-5-9(6-2,7-3)8-4;3*1-2;/h7-9,16H,1-6H3;5-8H2,1-4H3;;;;/q-1;+1;;;;. The van der Waals surface area contributed by atoms with E-state index in [1.807, 2.05) is 20.8 Å². The van der Waals surface area contributed by atoms with Crippen molar-refractivity contribution in [2.24, 2.45) is 0 Å². The van der Waals surface area contributed by atoms with Gasteiger partial charge in [0, 0.05) is 21.1 Å². The molecule has 0 aliphatic carbocycles. The molecule has 0 fully saturated rings. The maximum atomic E-state index is 7.50. The molecule has 3 rings (SSSR count). The van der Waals surface area contributed by atoms with Crippen LogP contribution in [0.2, 0.25) is 0 Å². The Bertz CT molecular complexity index is 986. The van der Waals surface area contributed by atoms with E-state index in [9.17, 15) is 0 Å². The molecule has 38 heavy (non-hydrogen) atoms. The monoisotopic (exact) mass is 695 g/mol. The molecule has 0 N–H and O–H groups in total. The first-order chi connectivity index (χ1) is 17.6. The Morgan fingerprint density at radius 1 is 0.579 bits per heavy atom. The molecular formula is C26H42BN7O3W. The molecule has 3 heterocycles. The molecule has 0 atom stereocenters. The Balaban J connectivity index is -0.000000651. The van der Waals surface area contributed by atoms with Crippen molar-refractivity contribution in [3.63, 3.8) is 0 Å². The second kappa shape index (κ2) is 20.5. The topological polar surface area (TPSA) is 113 Å². The summed E-state index contributed by atoms with van der Waals surface area (Å²) in [7, 11) is -1.26. The van der Waals surface area contributed by atoms with Gasteiger partial charge in [-0.25, -0.2) is 15.3 Å². The van der Waals surface area contributed by atoms with Crippen LogP contribution in [-0.4, -0.2) is 66.9 Å². The van der Waals surface area contributed by atoms with Crippen molar-refractivity contribution >= 4 is 7.12 Å². The Morgan fingerprint density at radius 2 is 0.789 bits per heavy atom. The first kappa shape index (κ1) is 40.1. The molecule has 0 saturated carbocycles. The summed E-state index contributed by atoms with van der Waals surface area (Å²) in [4.78, 5) is 0. The van der Waals surface area contributed by atoms with E-state index in [-0.39, 0.29) is 21.1 Å². The van der Waals surface area contributed by atoms with E-state index in [2.05, 4.69) is 100 Å². The number of aromatic nitrogens is 6. The van der Waals surface area contributed by atoms with Gasteiger partial charge in [0.2, 0.25) is 0 Å². The van der Waals surface area contributed by atoms with E-state index in [4.69, 9.17) is 29.3 Å². The third-order valence-electron chi connectivity index (χ3n) is 6.80. The molecule has 0 aliphatic heterocycles. The molecule has 12 heteroatoms. The van der Waals surface area contributed by atoms with E-state index in [1.165, 1.54) is 30.7 Å². The van der Waals surface area contributed by atoms with Crippen LogP contribution >= 0.6 is 0 Å². The fourth-order valence-corrected chi connectivity index (χ4v) is 4.61. The van der Waals surface area contributed by atoms with Crippen LogP contribution in [0.5, 0.6) is 0 Å². The third-order valence-corrected chi connectivity index (χ3v) is 6.80. The SMILES string of the molecule is CC[N+](CC)(CC)CC.Cc1cc(C)n([BH-](n2nc(C)cc2C)n2nc(C)cc2C)n1.[C-]#[O+].[C-]#[O+].[C-]#[O+].[W]. The third kappa shape index (κ3) is 10.7. The Hall–Kier alpha value is -2.44. The number of hydrogen-bond acceptors (Lipinski definition) is 3. The van der Waals surface area contributed by atoms with Gasteiger partial charge in [-0.2, -0.15) is 0 Å². The van der Waals surface area contributed by atoms with Gasteiger partial charge in [0.25, 0.3) is 0 Å². The molecule has 3 aromatic rings. The molecule has 0 radical (unpaired) electrons. The first-order valence-corrected chi connectivity index (χ1v) is 12.3. The molecular weight excluding hydrogens is 653 g/mol. The van der Waals surface area contributed by atoms with Crippen LogP contribution in [0.25, 0.3) is 0 Å². The molecule has 208 valence electrons. The molecule has 0 unspecified atom stereocenters. The van der Waals surface area contributed by atoms with E-state index in [0.29, 0.717) is 0 Å². The second-order valence-electron chi connectivity index (χ2n) is 8.81. The van der Waals surface area contributed by atoms with Gasteiger partial charge in [-0.15, -0.1) is 0 Å². The summed E-state index contributed by atoms with van der Waals surface area (Å²) in [5.74, 6) is 0. The summed E-state index contributed by atoms with van der Waals surface area (Å²) in [5, 5.41) is 14.1. The van der Waals surface area contributed by atoms with E-state index in [1.54, 1.807) is 0 Å². The van der Waals surface area contributed by atoms with Gasteiger partial charge in [0.1, 0.15) is 0 Å². The Morgan fingerprint density at radius 3 is 0.895 bits per heavy atom. The summed E-state index contributed by atoms with van der Waals surface area (Å²) >= 11 is 0. The first-order valence-electron chi connectivity index (χ1n) is 12.3. The van der Waals surface area contributed by atoms with Crippen molar-refractivity contribution in [3.05, 3.63) is 72.3 Å². The number of rotatable bonds is 7. The van der Waals surface area contributed by atoms with Crippen LogP contribution in [0.4, 0.5) is 0 Å². The molecule has 10 nitrogen and oxygen atoms in total. The smallest absolute Gasteiger partial charge is 0 e. The number of nitrogens with zero attached hydrogens (tertiary/aromatic N) is 7. The zero-order valence-electron chi connectivity index (χ0n) is 24.5. The summed E-state index contributed by atoms with van der Waals surface area (Å²) in [6.45, 7) is 40.0. The van der Waals surface area contributed by atoms with Crippen molar-refractivity contribution in [1.82, 2.24) is 29.1 Å². The van der Waals surface area contributed by atoms with Gasteiger partial charge >= 0.3 is 41.0 Å². The Kier molecular flexibility index (Phi) is 21.6. The van der Waals surface area contributed by atoms with Gasteiger partial charge in [-0.3, -0.25) is 0 Å². The van der Waals surface area contributed by atoms with Gasteiger partial charge in [0.05, 0.1) is 43.3 Å². The predicted octanol–water partition coefficient (Wildman–Crippen LogP) is 3.56. The molecule has 0 bridgehead atoms. The fourth-order valence-electron chi connectivity index (χ4n) is 4.61. The van der Waals surface area contributed by atoms with Crippen LogP contribution in [0.3, 0.4) is 0 Å². The summed E-state index contributed by atoms with van der Waals surface area (Å²) in [5.41, 5.74) is 6.40. The zero-order valence-corrected chi connectivity index (χ0v) is 27.5. The quantitative estimate of drug-likeness (QED) is 0.163. The van der Waals surface area contributed by atoms with Gasteiger partial charge < -0.3 is 18.3 Å². The maximum Gasteiger partial charge on any atom is 0 e. The van der Waals surface area contributed by atoms with Crippen molar-refractivity contribution in [2.45, 2.75) is 69.2 Å². The van der Waals surface area contributed by atoms with Crippen LogP contribution in [0.15, 0.2) is 18.2 Å². The van der Waals surface area contributed by atoms with Crippen LogP contribution in [-0.2, 0) is 35.0 Å². The van der Waals surface area contributed by atoms with Gasteiger partial charge in [-0.05, 0) is 105 Å². The molecule has 0 aliphatic rings. The predicted molar refractivity (Wildman–Crippen MR) is 143 cm³/mol. The molecule has 3 aromatic heterocycles. The number of quaternary nitrogens is 1. The van der Waals surface area contributed by atoms with E-state index >= 15 is 0 Å². The van der Waals surface area contributed by atoms with Crippen LogP contribution in [0.1, 0.15) is 61.9 Å². The molecule has 0 amide bonds. The van der Waals surface area contributed by atoms with Crippen molar-refractivity contribution < 1.29 is 39.5 Å². The van der Waals surface area contributed by atoms with E-state index in [0.717, 1.165) is 34.2 Å². The van der Waals surface area contributed by atoms with E-state index < -0.39 is 7.12 Å². The fraction of sp³-hybridized carbons (Fsp3) is 0.538. The van der Waals surface area contributed by atoms with Crippen molar-refractivity contribution in [1.29, 1.82) is 0 Å². The second-order valence-corrected chi connectivity index (χ2v) is 8.81. The minimum atomic E-state index is -1.26.